The van der Waals surface area contributed by atoms with Crippen molar-refractivity contribution in [3.05, 3.63) is 29.8 Å². The molecule has 0 bridgehead atoms. The van der Waals surface area contributed by atoms with Crippen LogP contribution < -0.4 is 5.32 Å². The third kappa shape index (κ3) is 4.46. The summed E-state index contributed by atoms with van der Waals surface area (Å²) in [7, 11) is 0. The summed E-state index contributed by atoms with van der Waals surface area (Å²) < 4.78 is 0. The summed E-state index contributed by atoms with van der Waals surface area (Å²) in [6.07, 6.45) is 0.362. The summed E-state index contributed by atoms with van der Waals surface area (Å²) in [6.45, 7) is 4.58. The maximum atomic E-state index is 11.8. The lowest BCUT2D eigenvalue weighted by atomic mass is 9.99. The van der Waals surface area contributed by atoms with Crippen LogP contribution in [0.5, 0.6) is 5.75 Å². The van der Waals surface area contributed by atoms with Crippen molar-refractivity contribution in [2.45, 2.75) is 20.3 Å². The Morgan fingerprint density at radius 2 is 2.00 bits per heavy atom. The zero-order valence-corrected chi connectivity index (χ0v) is 10.7. The topological polar surface area (TPSA) is 73.1 Å². The molecule has 0 saturated heterocycles. The number of rotatable bonds is 5. The van der Waals surface area contributed by atoms with Crippen LogP contribution in [0.3, 0.4) is 0 Å². The number of carbonyl (C=O) groups is 1. The number of hydrogen-bond acceptors (Lipinski definition) is 3. The highest BCUT2D eigenvalue weighted by Crippen LogP contribution is 2.13. The fraction of sp³-hybridized carbons (Fsp3) is 0.429. The van der Waals surface area contributed by atoms with Crippen LogP contribution in [0, 0.1) is 23.2 Å². The van der Waals surface area contributed by atoms with Crippen LogP contribution in [-0.4, -0.2) is 17.6 Å². The average Bonchev–Trinajstić information content (AvgIpc) is 2.35. The van der Waals surface area contributed by atoms with Crippen molar-refractivity contribution >= 4 is 5.91 Å². The Hall–Kier alpha value is -2.02. The molecule has 18 heavy (non-hydrogen) atoms. The molecule has 1 aromatic rings. The number of phenolic OH excluding ortho intramolecular Hbond substituents is 1. The lowest BCUT2D eigenvalue weighted by Crippen LogP contribution is -2.33. The van der Waals surface area contributed by atoms with Gasteiger partial charge in [0.25, 0.3) is 0 Å². The van der Waals surface area contributed by atoms with Crippen molar-refractivity contribution in [1.82, 2.24) is 5.32 Å². The van der Waals surface area contributed by atoms with Crippen LogP contribution in [0.2, 0.25) is 0 Å². The van der Waals surface area contributed by atoms with Gasteiger partial charge in [0.15, 0.2) is 0 Å². The molecule has 1 rings (SSSR count). The van der Waals surface area contributed by atoms with E-state index in [1.54, 1.807) is 24.3 Å². The van der Waals surface area contributed by atoms with Gasteiger partial charge in [-0.15, -0.1) is 0 Å². The summed E-state index contributed by atoms with van der Waals surface area (Å²) in [4.78, 5) is 11.8. The normalized spacial score (nSPS) is 11.9. The van der Waals surface area contributed by atoms with Crippen molar-refractivity contribution in [3.8, 4) is 11.8 Å². The lowest BCUT2D eigenvalue weighted by Gasteiger charge is -2.11. The van der Waals surface area contributed by atoms with Gasteiger partial charge in [0.1, 0.15) is 11.7 Å². The summed E-state index contributed by atoms with van der Waals surface area (Å²) in [5.41, 5.74) is 0.860. The Labute approximate surface area is 107 Å². The van der Waals surface area contributed by atoms with Gasteiger partial charge in [-0.1, -0.05) is 26.0 Å². The molecule has 2 N–H and O–H groups in total. The van der Waals surface area contributed by atoms with E-state index >= 15 is 0 Å². The van der Waals surface area contributed by atoms with Crippen LogP contribution in [0.1, 0.15) is 19.4 Å². The zero-order valence-electron chi connectivity index (χ0n) is 10.7. The van der Waals surface area contributed by atoms with Gasteiger partial charge in [0.05, 0.1) is 6.07 Å². The summed E-state index contributed by atoms with van der Waals surface area (Å²) in [5, 5.41) is 20.9. The number of hydrogen-bond donors (Lipinski definition) is 2. The maximum absolute atomic E-state index is 11.8. The summed E-state index contributed by atoms with van der Waals surface area (Å²) in [6, 6.07) is 8.55. The lowest BCUT2D eigenvalue weighted by molar-refractivity contribution is -0.123. The molecule has 0 aliphatic rings. The van der Waals surface area contributed by atoms with Crippen molar-refractivity contribution in [2.24, 2.45) is 11.8 Å². The van der Waals surface area contributed by atoms with Crippen LogP contribution in [0.25, 0.3) is 0 Å². The first-order valence-electron chi connectivity index (χ1n) is 5.98. The van der Waals surface area contributed by atoms with E-state index in [1.807, 2.05) is 19.9 Å². The van der Waals surface area contributed by atoms with E-state index in [2.05, 4.69) is 5.32 Å². The van der Waals surface area contributed by atoms with Gasteiger partial charge in [-0.05, 0) is 30.0 Å². The monoisotopic (exact) mass is 246 g/mol. The quantitative estimate of drug-likeness (QED) is 0.832. The predicted molar refractivity (Wildman–Crippen MR) is 68.8 cm³/mol. The molecular weight excluding hydrogens is 228 g/mol. The van der Waals surface area contributed by atoms with Gasteiger partial charge in [-0.2, -0.15) is 5.26 Å². The van der Waals surface area contributed by atoms with Gasteiger partial charge in [-0.25, -0.2) is 0 Å². The van der Waals surface area contributed by atoms with E-state index < -0.39 is 5.92 Å². The van der Waals surface area contributed by atoms with Crippen molar-refractivity contribution in [3.63, 3.8) is 0 Å². The van der Waals surface area contributed by atoms with E-state index in [0.29, 0.717) is 18.9 Å². The second-order valence-electron chi connectivity index (χ2n) is 4.69. The molecule has 0 aliphatic carbocycles. The molecule has 0 saturated carbocycles. The third-order valence-corrected chi connectivity index (χ3v) is 2.53. The molecule has 0 aliphatic heterocycles. The molecule has 1 atom stereocenters. The van der Waals surface area contributed by atoms with Crippen molar-refractivity contribution in [1.29, 1.82) is 5.26 Å². The van der Waals surface area contributed by atoms with Gasteiger partial charge in [0, 0.05) is 6.54 Å². The Morgan fingerprint density at radius 1 is 1.39 bits per heavy atom. The number of benzene rings is 1. The highest BCUT2D eigenvalue weighted by molar-refractivity contribution is 5.81. The standard InChI is InChI=1S/C14H18N2O2/c1-10(2)9-16-14(18)12(8-15)7-11-3-5-13(17)6-4-11/h3-6,10,12,17H,7,9H2,1-2H3,(H,16,18). The van der Waals surface area contributed by atoms with E-state index in [9.17, 15) is 4.79 Å². The summed E-state index contributed by atoms with van der Waals surface area (Å²) >= 11 is 0. The Morgan fingerprint density at radius 3 is 2.50 bits per heavy atom. The van der Waals surface area contributed by atoms with Crippen molar-refractivity contribution in [2.75, 3.05) is 6.54 Å². The Balaban J connectivity index is 2.59. The average molecular weight is 246 g/mol. The fourth-order valence-electron chi connectivity index (χ4n) is 1.49. The van der Waals surface area contributed by atoms with E-state index in [4.69, 9.17) is 10.4 Å². The third-order valence-electron chi connectivity index (χ3n) is 2.53. The van der Waals surface area contributed by atoms with Gasteiger partial charge in [0.2, 0.25) is 5.91 Å². The number of aromatic hydroxyl groups is 1. The molecule has 0 radical (unpaired) electrons. The van der Waals surface area contributed by atoms with Gasteiger partial charge >= 0.3 is 0 Å². The molecule has 0 fully saturated rings. The maximum Gasteiger partial charge on any atom is 0.237 e. The van der Waals surface area contributed by atoms with Crippen LogP contribution in [0.15, 0.2) is 24.3 Å². The minimum Gasteiger partial charge on any atom is -0.508 e. The molecule has 96 valence electrons. The molecule has 1 amide bonds. The van der Waals surface area contributed by atoms with E-state index in [1.165, 1.54) is 0 Å². The first-order valence-corrected chi connectivity index (χ1v) is 5.98. The molecule has 0 spiro atoms. The number of carbonyl (C=O) groups excluding carboxylic acids is 1. The number of phenols is 1. The summed E-state index contributed by atoms with van der Waals surface area (Å²) in [5.74, 6) is -0.383. The second-order valence-corrected chi connectivity index (χ2v) is 4.69. The molecule has 4 nitrogen and oxygen atoms in total. The smallest absolute Gasteiger partial charge is 0.237 e. The highest BCUT2D eigenvalue weighted by atomic mass is 16.3. The number of amides is 1. The SMILES string of the molecule is CC(C)CNC(=O)C(C#N)Cc1ccc(O)cc1. The number of nitrogens with one attached hydrogen (secondary N) is 1. The zero-order chi connectivity index (χ0) is 13.5. The minimum absolute atomic E-state index is 0.177. The molecule has 1 unspecified atom stereocenters. The molecule has 0 heterocycles. The Kier molecular flexibility index (Phi) is 5.19. The fourth-order valence-corrected chi connectivity index (χ4v) is 1.49. The highest BCUT2D eigenvalue weighted by Gasteiger charge is 2.18. The Bertz CT molecular complexity index is 432. The van der Waals surface area contributed by atoms with Crippen LogP contribution >= 0.6 is 0 Å². The largest absolute Gasteiger partial charge is 0.508 e. The molecular formula is C14H18N2O2. The van der Waals surface area contributed by atoms with Crippen molar-refractivity contribution < 1.29 is 9.90 Å². The van der Waals surface area contributed by atoms with Gasteiger partial charge in [-0.3, -0.25) is 4.79 Å². The first kappa shape index (κ1) is 14.0. The predicted octanol–water partition coefficient (Wildman–Crippen LogP) is 1.85. The number of nitrogens with zero attached hydrogens (tertiary/aromatic N) is 1. The minimum atomic E-state index is -0.687. The molecule has 0 aromatic heterocycles. The second kappa shape index (κ2) is 6.65. The van der Waals surface area contributed by atoms with E-state index in [-0.39, 0.29) is 11.7 Å². The van der Waals surface area contributed by atoms with Crippen LogP contribution in [-0.2, 0) is 11.2 Å². The first-order chi connectivity index (χ1) is 8.52. The molecule has 4 heteroatoms. The van der Waals surface area contributed by atoms with Crippen LogP contribution in [0.4, 0.5) is 0 Å². The molecule has 1 aromatic carbocycles. The van der Waals surface area contributed by atoms with E-state index in [0.717, 1.165) is 5.56 Å². The van der Waals surface area contributed by atoms with Gasteiger partial charge < -0.3 is 10.4 Å². The number of nitriles is 1.